The van der Waals surface area contributed by atoms with Crippen molar-refractivity contribution in [3.05, 3.63) is 230 Å². The molecule has 1 aliphatic rings. The smallest absolute Gasteiger partial charge is 0.135 e. The fraction of sp³-hybridized carbons (Fsp3) is 0.0938. The van der Waals surface area contributed by atoms with Gasteiger partial charge in [-0.1, -0.05) is 177 Å². The van der Waals surface area contributed by atoms with Crippen LogP contribution in [0.4, 0.5) is 17.1 Å². The maximum atomic E-state index is 6.35. The van der Waals surface area contributed by atoms with Crippen molar-refractivity contribution < 1.29 is 4.42 Å². The number of fused-ring (bicyclic) bond motifs is 7. The van der Waals surface area contributed by atoms with Gasteiger partial charge >= 0.3 is 0 Å². The summed E-state index contributed by atoms with van der Waals surface area (Å²) in [6, 6.07) is 82.5. The Morgan fingerprint density at radius 2 is 0.940 bits per heavy atom. The van der Waals surface area contributed by atoms with Crippen LogP contribution >= 0.6 is 0 Å². The van der Waals surface area contributed by atoms with Gasteiger partial charge in [0, 0.05) is 43.9 Å². The van der Waals surface area contributed by atoms with Gasteiger partial charge in [0.05, 0.1) is 28.1 Å². The molecule has 0 saturated heterocycles. The van der Waals surface area contributed by atoms with Crippen molar-refractivity contribution in [1.82, 2.24) is 4.57 Å². The number of aromatic nitrogens is 1. The van der Waals surface area contributed by atoms with Crippen LogP contribution in [0.5, 0.6) is 0 Å². The van der Waals surface area contributed by atoms with Crippen molar-refractivity contribution in [2.45, 2.75) is 38.0 Å². The maximum Gasteiger partial charge on any atom is 0.135 e. The lowest BCUT2D eigenvalue weighted by atomic mass is 9.80. The molecule has 0 unspecified atom stereocenters. The fourth-order valence-electron chi connectivity index (χ4n) is 11.3. The van der Waals surface area contributed by atoms with Crippen molar-refractivity contribution in [2.24, 2.45) is 0 Å². The molecule has 0 N–H and O–H groups in total. The molecular weight excluding hydrogens is 813 g/mol. The molecule has 2 heterocycles. The Kier molecular flexibility index (Phi) is 9.60. The minimum absolute atomic E-state index is 0.556. The van der Waals surface area contributed by atoms with Crippen LogP contribution in [0, 0.1) is 0 Å². The highest BCUT2D eigenvalue weighted by molar-refractivity contribution is 6.12. The van der Waals surface area contributed by atoms with Crippen LogP contribution in [0.2, 0.25) is 0 Å². The number of rotatable bonds is 8. The molecule has 0 amide bonds. The van der Waals surface area contributed by atoms with Gasteiger partial charge in [-0.2, -0.15) is 0 Å². The first-order chi connectivity index (χ1) is 33.3. The minimum Gasteiger partial charge on any atom is -0.456 e. The molecule has 1 saturated carbocycles. The summed E-state index contributed by atoms with van der Waals surface area (Å²) in [4.78, 5) is 2.54. The van der Waals surface area contributed by atoms with Gasteiger partial charge < -0.3 is 13.9 Å². The van der Waals surface area contributed by atoms with E-state index in [1.807, 2.05) is 6.07 Å². The van der Waals surface area contributed by atoms with Gasteiger partial charge in [-0.3, -0.25) is 0 Å². The molecule has 0 aliphatic heterocycles. The van der Waals surface area contributed by atoms with Gasteiger partial charge in [0.15, 0.2) is 0 Å². The summed E-state index contributed by atoms with van der Waals surface area (Å²) in [5, 5.41) is 7.38. The Morgan fingerprint density at radius 3 is 1.70 bits per heavy atom. The number of para-hydroxylation sites is 6. The van der Waals surface area contributed by atoms with Crippen LogP contribution in [-0.4, -0.2) is 4.57 Å². The highest BCUT2D eigenvalue weighted by atomic mass is 16.3. The molecule has 1 fully saturated rings. The molecule has 1 aliphatic carbocycles. The first kappa shape index (κ1) is 39.2. The zero-order valence-electron chi connectivity index (χ0n) is 37.3. The third-order valence-corrected chi connectivity index (χ3v) is 14.4. The van der Waals surface area contributed by atoms with Crippen molar-refractivity contribution >= 4 is 71.6 Å². The topological polar surface area (TPSA) is 21.3 Å². The fourth-order valence-corrected chi connectivity index (χ4v) is 11.3. The third kappa shape index (κ3) is 6.64. The molecule has 2 aromatic heterocycles. The van der Waals surface area contributed by atoms with Gasteiger partial charge in [-0.15, -0.1) is 0 Å². The van der Waals surface area contributed by atoms with Crippen molar-refractivity contribution in [2.75, 3.05) is 4.90 Å². The second kappa shape index (κ2) is 16.4. The van der Waals surface area contributed by atoms with E-state index in [-0.39, 0.29) is 0 Å². The second-order valence-electron chi connectivity index (χ2n) is 18.2. The first-order valence-electron chi connectivity index (χ1n) is 23.9. The van der Waals surface area contributed by atoms with Crippen molar-refractivity contribution in [3.63, 3.8) is 0 Å². The molecule has 3 heteroatoms. The van der Waals surface area contributed by atoms with Crippen LogP contribution in [0.3, 0.4) is 0 Å². The van der Waals surface area contributed by atoms with Crippen LogP contribution in [0.1, 0.15) is 43.6 Å². The predicted molar refractivity (Wildman–Crippen MR) is 282 cm³/mol. The lowest BCUT2D eigenvalue weighted by Crippen LogP contribution is -2.14. The largest absolute Gasteiger partial charge is 0.456 e. The third-order valence-electron chi connectivity index (χ3n) is 14.4. The molecule has 0 radical (unpaired) electrons. The van der Waals surface area contributed by atoms with E-state index in [9.17, 15) is 0 Å². The Hall–Kier alpha value is -8.14. The number of hydrogen-bond acceptors (Lipinski definition) is 2. The van der Waals surface area contributed by atoms with E-state index in [1.54, 1.807) is 0 Å². The molecule has 12 aromatic rings. The van der Waals surface area contributed by atoms with Gasteiger partial charge in [0.1, 0.15) is 11.2 Å². The highest BCUT2D eigenvalue weighted by Gasteiger charge is 2.26. The molecule has 0 atom stereocenters. The summed E-state index contributed by atoms with van der Waals surface area (Å²) in [6.07, 6.45) is 6.40. The van der Waals surface area contributed by atoms with E-state index in [2.05, 4.69) is 228 Å². The van der Waals surface area contributed by atoms with Gasteiger partial charge in [-0.25, -0.2) is 0 Å². The Morgan fingerprint density at radius 1 is 0.388 bits per heavy atom. The van der Waals surface area contributed by atoms with Crippen LogP contribution in [-0.2, 0) is 0 Å². The molecular formula is C64H48N2O. The zero-order valence-corrected chi connectivity index (χ0v) is 37.3. The summed E-state index contributed by atoms with van der Waals surface area (Å²) >= 11 is 0. The van der Waals surface area contributed by atoms with Gasteiger partial charge in [-0.05, 0) is 119 Å². The monoisotopic (exact) mass is 860 g/mol. The molecule has 0 spiro atoms. The molecule has 13 rings (SSSR count). The number of anilines is 3. The van der Waals surface area contributed by atoms with Crippen LogP contribution in [0.15, 0.2) is 229 Å². The molecule has 320 valence electrons. The highest BCUT2D eigenvalue weighted by Crippen LogP contribution is 2.50. The first-order valence-corrected chi connectivity index (χ1v) is 23.9. The summed E-state index contributed by atoms with van der Waals surface area (Å²) in [6.45, 7) is 0. The van der Waals surface area contributed by atoms with Crippen LogP contribution < -0.4 is 4.90 Å². The van der Waals surface area contributed by atoms with E-state index >= 15 is 0 Å². The summed E-state index contributed by atoms with van der Waals surface area (Å²) in [5.41, 5.74) is 17.2. The molecule has 67 heavy (non-hydrogen) atoms. The Bertz CT molecular complexity index is 3810. The van der Waals surface area contributed by atoms with Gasteiger partial charge in [0.25, 0.3) is 0 Å². The number of furan rings is 1. The summed E-state index contributed by atoms with van der Waals surface area (Å²) in [7, 11) is 0. The Balaban J connectivity index is 1.06. The zero-order chi connectivity index (χ0) is 44.3. The van der Waals surface area contributed by atoms with E-state index in [1.165, 1.54) is 81.4 Å². The average Bonchev–Trinajstić information content (AvgIpc) is 3.94. The number of nitrogens with zero attached hydrogens (tertiary/aromatic N) is 2. The maximum absolute atomic E-state index is 6.35. The quantitative estimate of drug-likeness (QED) is 0.152. The molecule has 10 aromatic carbocycles. The average molecular weight is 861 g/mol. The Labute approximate surface area is 390 Å². The number of benzene rings is 10. The van der Waals surface area contributed by atoms with E-state index in [0.717, 1.165) is 66.9 Å². The normalized spacial score (nSPS) is 13.3. The van der Waals surface area contributed by atoms with E-state index < -0.39 is 0 Å². The molecule has 0 bridgehead atoms. The van der Waals surface area contributed by atoms with E-state index in [4.69, 9.17) is 4.42 Å². The van der Waals surface area contributed by atoms with Gasteiger partial charge in [0.2, 0.25) is 0 Å². The second-order valence-corrected chi connectivity index (χ2v) is 18.2. The SMILES string of the molecule is c1ccc(-n2c3ccccc3c3cc(-c4ccccc4N(c4ccccc4-c4ccc5oc6ccccc6c5c4)c4ccccc4-c4cccc5cccc(C6CCCCC6)c45)ccc32)cc1. The standard InChI is InChI=1S/C64H48N2O/c1-3-19-43(20-4-1)50-30-17-21-44-22-18-31-54(64(44)50)51-27-9-15-35-60(51)66(58-33-13-8-26-49(58)46-38-40-63-56(42-46)53-29-11-16-36-62(53)67-63)57-32-12-7-25-48(57)45-37-39-61-55(41-45)52-28-10-14-34-59(52)65(61)47-23-5-2-6-24-47/h2,5-18,21-43H,1,3-4,19-20H2. The lowest BCUT2D eigenvalue weighted by molar-refractivity contribution is 0.445. The molecule has 3 nitrogen and oxygen atoms in total. The summed E-state index contributed by atoms with van der Waals surface area (Å²) in [5.74, 6) is 0.556. The van der Waals surface area contributed by atoms with Crippen molar-refractivity contribution in [3.8, 4) is 39.1 Å². The summed E-state index contributed by atoms with van der Waals surface area (Å²) < 4.78 is 8.74. The lowest BCUT2D eigenvalue weighted by Gasteiger charge is -2.32. The number of hydrogen-bond donors (Lipinski definition) is 0. The minimum atomic E-state index is 0.556. The predicted octanol–water partition coefficient (Wildman–Crippen LogP) is 18.4. The van der Waals surface area contributed by atoms with Crippen molar-refractivity contribution in [1.29, 1.82) is 0 Å². The van der Waals surface area contributed by atoms with Crippen LogP contribution in [0.25, 0.3) is 93.6 Å². The van der Waals surface area contributed by atoms with E-state index in [0.29, 0.717) is 5.92 Å².